The number of carbonyl (C=O) groups is 1. The van der Waals surface area contributed by atoms with E-state index in [4.69, 9.17) is 16.3 Å². The first-order valence-electron chi connectivity index (χ1n) is 10.1. The Hall–Kier alpha value is -2.21. The maximum atomic E-state index is 14.0. The summed E-state index contributed by atoms with van der Waals surface area (Å²) in [5.41, 5.74) is 1.40. The fourth-order valence-corrected chi connectivity index (χ4v) is 4.19. The van der Waals surface area contributed by atoms with Crippen molar-refractivity contribution in [2.24, 2.45) is 5.92 Å². The van der Waals surface area contributed by atoms with E-state index < -0.39 is 34.9 Å². The van der Waals surface area contributed by atoms with Crippen LogP contribution in [0.3, 0.4) is 0 Å². The molecule has 1 aliphatic rings. The molecule has 0 aliphatic heterocycles. The van der Waals surface area contributed by atoms with Crippen LogP contribution in [0.15, 0.2) is 36.4 Å². The Labute approximate surface area is 179 Å². The maximum absolute atomic E-state index is 14.0. The molecule has 7 heteroatoms. The average Bonchev–Trinajstić information content (AvgIpc) is 2.74. The summed E-state index contributed by atoms with van der Waals surface area (Å²) in [6.07, 6.45) is 7.20. The molecular weight excluding hydrogens is 417 g/mol. The van der Waals surface area contributed by atoms with Crippen LogP contribution in [-0.2, 0) is 0 Å². The van der Waals surface area contributed by atoms with Crippen molar-refractivity contribution in [2.45, 2.75) is 58.0 Å². The number of ether oxygens (including phenoxy) is 2. The minimum atomic E-state index is -3.29. The fraction of sp³-hybridized carbons (Fsp3) is 0.435. The summed E-state index contributed by atoms with van der Waals surface area (Å²) in [5.74, 6) is -2.08. The molecule has 1 fully saturated rings. The zero-order valence-electron chi connectivity index (χ0n) is 16.7. The lowest BCUT2D eigenvalue weighted by molar-refractivity contribution is -0.0536. The van der Waals surface area contributed by atoms with E-state index in [0.29, 0.717) is 5.92 Å². The molecule has 2 aromatic rings. The second kappa shape index (κ2) is 10.2. The van der Waals surface area contributed by atoms with Crippen molar-refractivity contribution in [2.75, 3.05) is 0 Å². The van der Waals surface area contributed by atoms with Gasteiger partial charge >= 0.3 is 12.6 Å². The third kappa shape index (κ3) is 5.48. The Balaban J connectivity index is 1.68. The number of carbonyl (C=O) groups excluding carboxylic acids is 1. The lowest BCUT2D eigenvalue weighted by Crippen LogP contribution is -2.14. The molecule has 0 atom stereocenters. The van der Waals surface area contributed by atoms with Gasteiger partial charge in [0, 0.05) is 0 Å². The zero-order chi connectivity index (χ0) is 21.7. The largest absolute Gasteiger partial charge is 0.428 e. The molecule has 0 radical (unpaired) electrons. The highest BCUT2D eigenvalue weighted by Crippen LogP contribution is 2.38. The number of hydrogen-bond donors (Lipinski definition) is 0. The summed E-state index contributed by atoms with van der Waals surface area (Å²) in [5, 5.41) is -0.413. The molecule has 0 saturated heterocycles. The highest BCUT2D eigenvalue weighted by Gasteiger charge is 2.23. The van der Waals surface area contributed by atoms with Crippen LogP contribution in [0.25, 0.3) is 0 Å². The van der Waals surface area contributed by atoms with Crippen LogP contribution in [0.4, 0.5) is 13.2 Å². The number of esters is 1. The van der Waals surface area contributed by atoms with Gasteiger partial charge in [-0.3, -0.25) is 0 Å². The summed E-state index contributed by atoms with van der Waals surface area (Å²) >= 11 is 5.60. The number of hydrogen-bond acceptors (Lipinski definition) is 3. The lowest BCUT2D eigenvalue weighted by atomic mass is 9.77. The van der Waals surface area contributed by atoms with Crippen molar-refractivity contribution in [3.63, 3.8) is 0 Å². The molecular formula is C23H24ClF3O3. The van der Waals surface area contributed by atoms with Gasteiger partial charge in [0.25, 0.3) is 0 Å². The van der Waals surface area contributed by atoms with Crippen molar-refractivity contribution in [1.82, 2.24) is 0 Å². The molecule has 162 valence electrons. The van der Waals surface area contributed by atoms with Gasteiger partial charge in [-0.15, -0.1) is 0 Å². The Kier molecular flexibility index (Phi) is 7.64. The second-order valence-electron chi connectivity index (χ2n) is 7.58. The minimum Gasteiger partial charge on any atom is -0.428 e. The lowest BCUT2D eigenvalue weighted by Gasteiger charge is -2.28. The first-order chi connectivity index (χ1) is 14.4. The van der Waals surface area contributed by atoms with Gasteiger partial charge in [-0.05, 0) is 67.3 Å². The van der Waals surface area contributed by atoms with Gasteiger partial charge in [-0.25, -0.2) is 9.18 Å². The van der Waals surface area contributed by atoms with E-state index in [0.717, 1.165) is 30.9 Å². The molecule has 0 amide bonds. The van der Waals surface area contributed by atoms with E-state index in [1.807, 2.05) is 12.1 Å². The molecule has 0 aromatic heterocycles. The summed E-state index contributed by atoms with van der Waals surface area (Å²) in [4.78, 5) is 12.4. The zero-order valence-corrected chi connectivity index (χ0v) is 17.4. The van der Waals surface area contributed by atoms with Gasteiger partial charge in [-0.2, -0.15) is 8.78 Å². The smallest absolute Gasteiger partial charge is 0.387 e. The monoisotopic (exact) mass is 440 g/mol. The standard InChI is InChI=1S/C23H24ClF3O3/c1-2-3-14-4-6-15(7-5-14)16-8-10-17(11-9-16)22(28)29-19-13-12-18(24)20(25)21(19)30-23(26)27/h8-15,23H,2-7H2,1H3. The molecule has 3 rings (SSSR count). The molecule has 0 heterocycles. The summed E-state index contributed by atoms with van der Waals surface area (Å²) in [6.45, 7) is -1.08. The van der Waals surface area contributed by atoms with Crippen molar-refractivity contribution in [3.8, 4) is 11.5 Å². The van der Waals surface area contributed by atoms with Crippen LogP contribution in [-0.4, -0.2) is 12.6 Å². The van der Waals surface area contributed by atoms with Crippen LogP contribution in [0.1, 0.15) is 67.3 Å². The summed E-state index contributed by atoms with van der Waals surface area (Å²) in [7, 11) is 0. The molecule has 0 spiro atoms. The first kappa shape index (κ1) is 22.5. The number of halogens is 4. The van der Waals surface area contributed by atoms with Gasteiger partial charge in [-0.1, -0.05) is 43.5 Å². The highest BCUT2D eigenvalue weighted by atomic mass is 35.5. The molecule has 0 N–H and O–H groups in total. The Morgan fingerprint density at radius 2 is 1.77 bits per heavy atom. The molecule has 0 bridgehead atoms. The third-order valence-electron chi connectivity index (χ3n) is 5.58. The topological polar surface area (TPSA) is 35.5 Å². The Bertz CT molecular complexity index is 863. The second-order valence-corrected chi connectivity index (χ2v) is 7.99. The van der Waals surface area contributed by atoms with Gasteiger partial charge in [0.15, 0.2) is 11.6 Å². The van der Waals surface area contributed by atoms with E-state index in [9.17, 15) is 18.0 Å². The van der Waals surface area contributed by atoms with Gasteiger partial charge < -0.3 is 9.47 Å². The Morgan fingerprint density at radius 3 is 2.37 bits per heavy atom. The average molecular weight is 441 g/mol. The summed E-state index contributed by atoms with van der Waals surface area (Å²) in [6, 6.07) is 9.27. The van der Waals surface area contributed by atoms with E-state index in [-0.39, 0.29) is 5.56 Å². The Morgan fingerprint density at radius 1 is 1.10 bits per heavy atom. The molecule has 1 aliphatic carbocycles. The summed E-state index contributed by atoms with van der Waals surface area (Å²) < 4.78 is 48.5. The van der Waals surface area contributed by atoms with Crippen molar-refractivity contribution >= 4 is 17.6 Å². The van der Waals surface area contributed by atoms with Crippen molar-refractivity contribution in [1.29, 1.82) is 0 Å². The number of rotatable bonds is 7. The van der Waals surface area contributed by atoms with Crippen LogP contribution in [0.2, 0.25) is 5.02 Å². The SMILES string of the molecule is CCCC1CCC(c2ccc(C(=O)Oc3ccc(Cl)c(F)c3OC(F)F)cc2)CC1. The van der Waals surface area contributed by atoms with E-state index in [2.05, 4.69) is 11.7 Å². The van der Waals surface area contributed by atoms with Gasteiger partial charge in [0.1, 0.15) is 0 Å². The van der Waals surface area contributed by atoms with Gasteiger partial charge in [0.2, 0.25) is 5.75 Å². The molecule has 2 aromatic carbocycles. The van der Waals surface area contributed by atoms with E-state index >= 15 is 0 Å². The van der Waals surface area contributed by atoms with E-state index in [1.165, 1.54) is 31.2 Å². The highest BCUT2D eigenvalue weighted by molar-refractivity contribution is 6.31. The van der Waals surface area contributed by atoms with E-state index in [1.54, 1.807) is 12.1 Å². The van der Waals surface area contributed by atoms with Crippen LogP contribution >= 0.6 is 11.6 Å². The first-order valence-corrected chi connectivity index (χ1v) is 10.5. The third-order valence-corrected chi connectivity index (χ3v) is 5.88. The molecule has 0 unspecified atom stereocenters. The maximum Gasteiger partial charge on any atom is 0.387 e. The quantitative estimate of drug-likeness (QED) is 0.333. The predicted molar refractivity (Wildman–Crippen MR) is 109 cm³/mol. The molecule has 3 nitrogen and oxygen atoms in total. The van der Waals surface area contributed by atoms with Gasteiger partial charge in [0.05, 0.1) is 10.6 Å². The normalized spacial score (nSPS) is 19.0. The van der Waals surface area contributed by atoms with Crippen molar-refractivity contribution < 1.29 is 27.4 Å². The van der Waals surface area contributed by atoms with Crippen molar-refractivity contribution in [3.05, 3.63) is 58.4 Å². The van der Waals surface area contributed by atoms with Crippen LogP contribution < -0.4 is 9.47 Å². The number of benzene rings is 2. The molecule has 1 saturated carbocycles. The predicted octanol–water partition coefficient (Wildman–Crippen LogP) is 7.37. The van der Waals surface area contributed by atoms with Crippen LogP contribution in [0, 0.1) is 11.7 Å². The fourth-order valence-electron chi connectivity index (χ4n) is 4.04. The van der Waals surface area contributed by atoms with Crippen LogP contribution in [0.5, 0.6) is 11.5 Å². The number of alkyl halides is 2. The molecule has 30 heavy (non-hydrogen) atoms. The minimum absolute atomic E-state index is 0.233.